The lowest BCUT2D eigenvalue weighted by Gasteiger charge is -2.07. The third-order valence-electron chi connectivity index (χ3n) is 3.57. The monoisotopic (exact) mass is 320 g/mol. The Kier molecular flexibility index (Phi) is 3.85. The minimum atomic E-state index is -0.512. The number of nitro groups is 1. The number of halogens is 1. The van der Waals surface area contributed by atoms with Crippen molar-refractivity contribution in [3.05, 3.63) is 62.6 Å². The summed E-state index contributed by atoms with van der Waals surface area (Å²) in [5, 5.41) is 13.7. The van der Waals surface area contributed by atoms with Gasteiger partial charge in [0.2, 0.25) is 0 Å². The Morgan fingerprint density at radius 2 is 2.18 bits per heavy atom. The van der Waals surface area contributed by atoms with E-state index in [1.54, 1.807) is 6.07 Å². The summed E-state index contributed by atoms with van der Waals surface area (Å²) in [7, 11) is 0. The molecule has 1 N–H and O–H groups in total. The SMILES string of the molecule is O=C(NCc1ccc([N+](=O)[O-])cc1Cl)c1ccoc1C1CC1. The van der Waals surface area contributed by atoms with Crippen LogP contribution in [0.15, 0.2) is 34.9 Å². The normalized spacial score (nSPS) is 13.9. The predicted molar refractivity (Wildman–Crippen MR) is 80.0 cm³/mol. The van der Waals surface area contributed by atoms with Gasteiger partial charge in [0.15, 0.2) is 0 Å². The molecule has 0 atom stereocenters. The Labute approximate surface area is 131 Å². The van der Waals surface area contributed by atoms with E-state index in [2.05, 4.69) is 5.32 Å². The zero-order valence-corrected chi connectivity index (χ0v) is 12.3. The first-order valence-electron chi connectivity index (χ1n) is 6.84. The predicted octanol–water partition coefficient (Wildman–Crippen LogP) is 3.65. The van der Waals surface area contributed by atoms with Gasteiger partial charge in [0.25, 0.3) is 11.6 Å². The topological polar surface area (TPSA) is 85.4 Å². The fourth-order valence-corrected chi connectivity index (χ4v) is 2.48. The number of nitrogens with zero attached hydrogens (tertiary/aromatic N) is 1. The molecule has 1 aromatic heterocycles. The van der Waals surface area contributed by atoms with E-state index in [-0.39, 0.29) is 23.2 Å². The van der Waals surface area contributed by atoms with Crippen LogP contribution < -0.4 is 5.32 Å². The van der Waals surface area contributed by atoms with Gasteiger partial charge < -0.3 is 9.73 Å². The van der Waals surface area contributed by atoms with Gasteiger partial charge in [-0.1, -0.05) is 11.6 Å². The molecule has 114 valence electrons. The van der Waals surface area contributed by atoms with Crippen molar-refractivity contribution in [3.63, 3.8) is 0 Å². The van der Waals surface area contributed by atoms with E-state index in [9.17, 15) is 14.9 Å². The summed E-state index contributed by atoms with van der Waals surface area (Å²) >= 11 is 6.00. The lowest BCUT2D eigenvalue weighted by molar-refractivity contribution is -0.384. The minimum absolute atomic E-state index is 0.0778. The standard InChI is InChI=1S/C15H13ClN2O4/c16-13-7-11(18(20)21)4-3-10(13)8-17-15(19)12-5-6-22-14(12)9-1-2-9/h3-7,9H,1-2,8H2,(H,17,19). The molecule has 0 saturated heterocycles. The third kappa shape index (κ3) is 2.96. The molecule has 1 aliphatic carbocycles. The van der Waals surface area contributed by atoms with Crippen molar-refractivity contribution in [1.29, 1.82) is 0 Å². The molecule has 0 bridgehead atoms. The molecule has 6 nitrogen and oxygen atoms in total. The highest BCUT2D eigenvalue weighted by molar-refractivity contribution is 6.31. The lowest BCUT2D eigenvalue weighted by atomic mass is 10.1. The van der Waals surface area contributed by atoms with E-state index in [0.717, 1.165) is 18.6 Å². The van der Waals surface area contributed by atoms with Crippen molar-refractivity contribution in [2.24, 2.45) is 0 Å². The van der Waals surface area contributed by atoms with Crippen LogP contribution in [0, 0.1) is 10.1 Å². The van der Waals surface area contributed by atoms with Crippen molar-refractivity contribution >= 4 is 23.2 Å². The highest BCUT2D eigenvalue weighted by Crippen LogP contribution is 2.42. The van der Waals surface area contributed by atoms with E-state index in [1.165, 1.54) is 24.5 Å². The largest absolute Gasteiger partial charge is 0.468 e. The highest BCUT2D eigenvalue weighted by Gasteiger charge is 2.31. The molecule has 1 fully saturated rings. The van der Waals surface area contributed by atoms with E-state index in [4.69, 9.17) is 16.0 Å². The molecular weight excluding hydrogens is 308 g/mol. The number of nitro benzene ring substituents is 1. The van der Waals surface area contributed by atoms with Gasteiger partial charge in [-0.3, -0.25) is 14.9 Å². The van der Waals surface area contributed by atoms with Crippen LogP contribution >= 0.6 is 11.6 Å². The lowest BCUT2D eigenvalue weighted by Crippen LogP contribution is -2.23. The number of rotatable bonds is 5. The van der Waals surface area contributed by atoms with Gasteiger partial charge in [-0.25, -0.2) is 0 Å². The molecule has 1 amide bonds. The Balaban J connectivity index is 1.68. The molecule has 7 heteroatoms. The number of nitrogens with one attached hydrogen (secondary N) is 1. The molecular formula is C15H13ClN2O4. The smallest absolute Gasteiger partial charge is 0.270 e. The molecule has 22 heavy (non-hydrogen) atoms. The number of furan rings is 1. The summed E-state index contributed by atoms with van der Waals surface area (Å²) < 4.78 is 5.37. The molecule has 1 aromatic carbocycles. The van der Waals surface area contributed by atoms with Crippen LogP contribution in [0.25, 0.3) is 0 Å². The van der Waals surface area contributed by atoms with Crippen LogP contribution in [-0.2, 0) is 6.54 Å². The van der Waals surface area contributed by atoms with Crippen molar-refractivity contribution in [1.82, 2.24) is 5.32 Å². The van der Waals surface area contributed by atoms with Gasteiger partial charge in [0, 0.05) is 24.6 Å². The van der Waals surface area contributed by atoms with Crippen molar-refractivity contribution in [3.8, 4) is 0 Å². The molecule has 2 aromatic rings. The Hall–Kier alpha value is -2.34. The van der Waals surface area contributed by atoms with Gasteiger partial charge in [0.1, 0.15) is 5.76 Å². The number of amides is 1. The number of non-ortho nitro benzene ring substituents is 1. The van der Waals surface area contributed by atoms with Crippen molar-refractivity contribution in [2.45, 2.75) is 25.3 Å². The van der Waals surface area contributed by atoms with Gasteiger partial charge >= 0.3 is 0 Å². The van der Waals surface area contributed by atoms with E-state index < -0.39 is 4.92 Å². The summed E-state index contributed by atoms with van der Waals surface area (Å²) in [5.41, 5.74) is 1.09. The molecule has 3 rings (SSSR count). The van der Waals surface area contributed by atoms with E-state index >= 15 is 0 Å². The second-order valence-corrected chi connectivity index (χ2v) is 5.60. The second kappa shape index (κ2) is 5.81. The number of hydrogen-bond acceptors (Lipinski definition) is 4. The number of carbonyl (C=O) groups excluding carboxylic acids is 1. The molecule has 1 saturated carbocycles. The molecule has 0 radical (unpaired) electrons. The Bertz CT molecular complexity index is 737. The van der Waals surface area contributed by atoms with Crippen LogP contribution in [0.1, 0.15) is 40.4 Å². The first-order chi connectivity index (χ1) is 10.6. The van der Waals surface area contributed by atoms with Gasteiger partial charge in [0.05, 0.1) is 21.8 Å². The van der Waals surface area contributed by atoms with Gasteiger partial charge in [-0.2, -0.15) is 0 Å². The minimum Gasteiger partial charge on any atom is -0.468 e. The summed E-state index contributed by atoms with van der Waals surface area (Å²) in [4.78, 5) is 22.3. The van der Waals surface area contributed by atoms with Crippen molar-refractivity contribution in [2.75, 3.05) is 0 Å². The molecule has 0 spiro atoms. The molecule has 1 aliphatic rings. The number of hydrogen-bond donors (Lipinski definition) is 1. The number of benzene rings is 1. The first-order valence-corrected chi connectivity index (χ1v) is 7.22. The van der Waals surface area contributed by atoms with Gasteiger partial charge in [-0.05, 0) is 30.5 Å². The molecule has 1 heterocycles. The zero-order chi connectivity index (χ0) is 15.7. The van der Waals surface area contributed by atoms with Crippen molar-refractivity contribution < 1.29 is 14.1 Å². The molecule has 0 unspecified atom stereocenters. The fourth-order valence-electron chi connectivity index (χ4n) is 2.23. The maximum Gasteiger partial charge on any atom is 0.270 e. The zero-order valence-electron chi connectivity index (χ0n) is 11.5. The van der Waals surface area contributed by atoms with Crippen LogP contribution in [-0.4, -0.2) is 10.8 Å². The fraction of sp³-hybridized carbons (Fsp3) is 0.267. The van der Waals surface area contributed by atoms with E-state index in [0.29, 0.717) is 17.0 Å². The van der Waals surface area contributed by atoms with Crippen LogP contribution in [0.3, 0.4) is 0 Å². The van der Waals surface area contributed by atoms with Crippen LogP contribution in [0.2, 0.25) is 5.02 Å². The van der Waals surface area contributed by atoms with E-state index in [1.807, 2.05) is 0 Å². The quantitative estimate of drug-likeness (QED) is 0.673. The average molecular weight is 321 g/mol. The highest BCUT2D eigenvalue weighted by atomic mass is 35.5. The van der Waals surface area contributed by atoms with Crippen LogP contribution in [0.5, 0.6) is 0 Å². The Morgan fingerprint density at radius 3 is 2.82 bits per heavy atom. The van der Waals surface area contributed by atoms with Crippen LogP contribution in [0.4, 0.5) is 5.69 Å². The average Bonchev–Trinajstić information content (AvgIpc) is 3.22. The summed E-state index contributed by atoms with van der Waals surface area (Å²) in [5.74, 6) is 0.844. The first kappa shape index (κ1) is 14.6. The maximum atomic E-state index is 12.2. The molecule has 0 aliphatic heterocycles. The summed E-state index contributed by atoms with van der Waals surface area (Å²) in [6.07, 6.45) is 3.60. The Morgan fingerprint density at radius 1 is 1.41 bits per heavy atom. The maximum absolute atomic E-state index is 12.2. The number of carbonyl (C=O) groups is 1. The second-order valence-electron chi connectivity index (χ2n) is 5.19. The third-order valence-corrected chi connectivity index (χ3v) is 3.93. The summed E-state index contributed by atoms with van der Waals surface area (Å²) in [6, 6.07) is 5.83. The van der Waals surface area contributed by atoms with Gasteiger partial charge in [-0.15, -0.1) is 0 Å². The summed E-state index contributed by atoms with van der Waals surface area (Å²) in [6.45, 7) is 0.199.